The standard InChI is InChI=1S/C10H16N4O3/c1-13-6-9(14(15)16)10(12-13)11-7-3-4-8(5-7)17-2/h6-8H,3-5H2,1-2H3,(H,11,12). The van der Waals surface area contributed by atoms with Crippen LogP contribution in [0.2, 0.25) is 0 Å². The van der Waals surface area contributed by atoms with E-state index in [1.165, 1.54) is 10.9 Å². The van der Waals surface area contributed by atoms with Crippen LogP contribution in [0.1, 0.15) is 19.3 Å². The van der Waals surface area contributed by atoms with E-state index >= 15 is 0 Å². The topological polar surface area (TPSA) is 82.2 Å². The fourth-order valence-corrected chi connectivity index (χ4v) is 2.19. The van der Waals surface area contributed by atoms with Gasteiger partial charge in [0.05, 0.1) is 11.0 Å². The molecule has 1 saturated carbocycles. The van der Waals surface area contributed by atoms with E-state index in [9.17, 15) is 10.1 Å². The average molecular weight is 240 g/mol. The molecule has 0 aliphatic heterocycles. The van der Waals surface area contributed by atoms with Gasteiger partial charge >= 0.3 is 5.69 Å². The van der Waals surface area contributed by atoms with Crippen molar-refractivity contribution in [2.75, 3.05) is 12.4 Å². The Morgan fingerprint density at radius 2 is 2.41 bits per heavy atom. The second-order valence-electron chi connectivity index (χ2n) is 4.31. The van der Waals surface area contributed by atoms with Gasteiger partial charge in [-0.05, 0) is 19.3 Å². The van der Waals surface area contributed by atoms with Gasteiger partial charge in [-0.1, -0.05) is 0 Å². The summed E-state index contributed by atoms with van der Waals surface area (Å²) >= 11 is 0. The summed E-state index contributed by atoms with van der Waals surface area (Å²) in [6.07, 6.45) is 4.45. The zero-order valence-corrected chi connectivity index (χ0v) is 9.92. The van der Waals surface area contributed by atoms with Crippen molar-refractivity contribution < 1.29 is 9.66 Å². The van der Waals surface area contributed by atoms with Crippen LogP contribution in [0.25, 0.3) is 0 Å². The molecule has 1 aromatic heterocycles. The third-order valence-electron chi connectivity index (χ3n) is 3.06. The van der Waals surface area contributed by atoms with E-state index < -0.39 is 4.92 Å². The lowest BCUT2D eigenvalue weighted by atomic mass is 10.2. The highest BCUT2D eigenvalue weighted by Crippen LogP contribution is 2.28. The van der Waals surface area contributed by atoms with Crippen molar-refractivity contribution in [2.45, 2.75) is 31.4 Å². The van der Waals surface area contributed by atoms with E-state index in [1.807, 2.05) is 0 Å². The summed E-state index contributed by atoms with van der Waals surface area (Å²) in [5.74, 6) is 0.347. The number of methoxy groups -OCH3 is 1. The Bertz CT molecular complexity index is 418. The van der Waals surface area contributed by atoms with Gasteiger partial charge < -0.3 is 10.1 Å². The fourth-order valence-electron chi connectivity index (χ4n) is 2.19. The van der Waals surface area contributed by atoms with Crippen molar-refractivity contribution in [3.8, 4) is 0 Å². The van der Waals surface area contributed by atoms with Crippen LogP contribution in [0.3, 0.4) is 0 Å². The minimum atomic E-state index is -0.419. The van der Waals surface area contributed by atoms with Crippen LogP contribution in [0, 0.1) is 10.1 Å². The van der Waals surface area contributed by atoms with E-state index in [4.69, 9.17) is 4.74 Å². The zero-order valence-electron chi connectivity index (χ0n) is 9.92. The van der Waals surface area contributed by atoms with Crippen molar-refractivity contribution in [3.05, 3.63) is 16.3 Å². The molecule has 7 nitrogen and oxygen atoms in total. The Morgan fingerprint density at radius 3 is 3.00 bits per heavy atom. The number of nitro groups is 1. The Labute approximate surface area is 98.9 Å². The number of rotatable bonds is 4. The molecule has 17 heavy (non-hydrogen) atoms. The van der Waals surface area contributed by atoms with Gasteiger partial charge in [0.1, 0.15) is 6.20 Å². The molecule has 1 aliphatic carbocycles. The van der Waals surface area contributed by atoms with Crippen LogP contribution >= 0.6 is 0 Å². The SMILES string of the molecule is COC1CCC(Nc2nn(C)cc2[N+](=O)[O-])C1. The molecule has 0 spiro atoms. The number of ether oxygens (including phenoxy) is 1. The second-order valence-corrected chi connectivity index (χ2v) is 4.31. The highest BCUT2D eigenvalue weighted by atomic mass is 16.6. The molecule has 1 aromatic rings. The first-order valence-electron chi connectivity index (χ1n) is 5.57. The van der Waals surface area contributed by atoms with Crippen LogP contribution in [0.15, 0.2) is 6.20 Å². The monoisotopic (exact) mass is 240 g/mol. The number of hydrogen-bond acceptors (Lipinski definition) is 5. The van der Waals surface area contributed by atoms with Crippen LogP contribution in [0.5, 0.6) is 0 Å². The van der Waals surface area contributed by atoms with Gasteiger partial charge in [-0.15, -0.1) is 5.10 Å². The highest BCUT2D eigenvalue weighted by molar-refractivity contribution is 5.55. The smallest absolute Gasteiger partial charge is 0.330 e. The van der Waals surface area contributed by atoms with Crippen molar-refractivity contribution in [1.29, 1.82) is 0 Å². The maximum atomic E-state index is 10.8. The van der Waals surface area contributed by atoms with E-state index in [0.29, 0.717) is 5.82 Å². The summed E-state index contributed by atoms with van der Waals surface area (Å²) in [6, 6.07) is 0.202. The van der Waals surface area contributed by atoms with Crippen molar-refractivity contribution in [1.82, 2.24) is 9.78 Å². The highest BCUT2D eigenvalue weighted by Gasteiger charge is 2.27. The number of nitrogens with one attached hydrogen (secondary N) is 1. The number of aromatic nitrogens is 2. The molecule has 0 radical (unpaired) electrons. The van der Waals surface area contributed by atoms with Crippen LogP contribution < -0.4 is 5.32 Å². The third kappa shape index (κ3) is 2.55. The predicted molar refractivity (Wildman–Crippen MR) is 61.9 cm³/mol. The van der Waals surface area contributed by atoms with Crippen LogP contribution in [-0.2, 0) is 11.8 Å². The summed E-state index contributed by atoms with van der Waals surface area (Å²) < 4.78 is 6.71. The molecule has 0 aromatic carbocycles. The Kier molecular flexibility index (Phi) is 3.28. The van der Waals surface area contributed by atoms with Gasteiger partial charge in [0.15, 0.2) is 0 Å². The lowest BCUT2D eigenvalue weighted by Gasteiger charge is -2.11. The zero-order chi connectivity index (χ0) is 12.4. The van der Waals surface area contributed by atoms with Crippen molar-refractivity contribution >= 4 is 11.5 Å². The Hall–Kier alpha value is -1.63. The molecule has 0 saturated heterocycles. The molecule has 0 amide bonds. The molecule has 2 unspecified atom stereocenters. The maximum absolute atomic E-state index is 10.8. The summed E-state index contributed by atoms with van der Waals surface area (Å²) in [5, 5.41) is 18.0. The molecule has 2 atom stereocenters. The van der Waals surface area contributed by atoms with E-state index in [-0.39, 0.29) is 17.8 Å². The fraction of sp³-hybridized carbons (Fsp3) is 0.700. The first-order valence-corrected chi connectivity index (χ1v) is 5.57. The van der Waals surface area contributed by atoms with Crippen molar-refractivity contribution in [2.24, 2.45) is 7.05 Å². The summed E-state index contributed by atoms with van der Waals surface area (Å²) in [6.45, 7) is 0. The number of hydrogen-bond donors (Lipinski definition) is 1. The summed E-state index contributed by atoms with van der Waals surface area (Å²) in [5.41, 5.74) is 0.0216. The first kappa shape index (κ1) is 11.8. The molecular formula is C10H16N4O3. The van der Waals surface area contributed by atoms with E-state index in [2.05, 4.69) is 10.4 Å². The Morgan fingerprint density at radius 1 is 1.65 bits per heavy atom. The molecular weight excluding hydrogens is 224 g/mol. The summed E-state index contributed by atoms with van der Waals surface area (Å²) in [4.78, 5) is 10.4. The van der Waals surface area contributed by atoms with Gasteiger partial charge in [0.2, 0.25) is 5.82 Å². The van der Waals surface area contributed by atoms with Gasteiger partial charge in [0.25, 0.3) is 0 Å². The summed E-state index contributed by atoms with van der Waals surface area (Å²) in [7, 11) is 3.36. The molecule has 7 heteroatoms. The molecule has 1 fully saturated rings. The first-order chi connectivity index (χ1) is 8.10. The molecule has 1 aliphatic rings. The lowest BCUT2D eigenvalue weighted by Crippen LogP contribution is -2.18. The average Bonchev–Trinajstić information content (AvgIpc) is 2.85. The minimum absolute atomic E-state index is 0.0216. The third-order valence-corrected chi connectivity index (χ3v) is 3.06. The normalized spacial score (nSPS) is 23.9. The molecule has 0 bridgehead atoms. The van der Waals surface area contributed by atoms with Gasteiger partial charge in [0, 0.05) is 20.2 Å². The number of anilines is 1. The number of aryl methyl sites for hydroxylation is 1. The number of nitrogens with zero attached hydrogens (tertiary/aromatic N) is 3. The molecule has 1 N–H and O–H groups in total. The molecule has 1 heterocycles. The Balaban J connectivity index is 2.06. The van der Waals surface area contributed by atoms with Crippen LogP contribution in [0.4, 0.5) is 11.5 Å². The molecule has 2 rings (SSSR count). The molecule has 94 valence electrons. The van der Waals surface area contributed by atoms with E-state index in [1.54, 1.807) is 14.2 Å². The van der Waals surface area contributed by atoms with Crippen LogP contribution in [-0.4, -0.2) is 34.0 Å². The predicted octanol–water partition coefficient (Wildman–Crippen LogP) is 1.31. The lowest BCUT2D eigenvalue weighted by molar-refractivity contribution is -0.384. The van der Waals surface area contributed by atoms with Gasteiger partial charge in [-0.25, -0.2) is 0 Å². The van der Waals surface area contributed by atoms with Gasteiger partial charge in [-0.3, -0.25) is 14.8 Å². The quantitative estimate of drug-likeness (QED) is 0.633. The van der Waals surface area contributed by atoms with Crippen molar-refractivity contribution in [3.63, 3.8) is 0 Å². The van der Waals surface area contributed by atoms with Gasteiger partial charge in [-0.2, -0.15) is 0 Å². The van der Waals surface area contributed by atoms with E-state index in [0.717, 1.165) is 19.3 Å². The maximum Gasteiger partial charge on any atom is 0.330 e. The second kappa shape index (κ2) is 4.70. The minimum Gasteiger partial charge on any atom is -0.381 e. The largest absolute Gasteiger partial charge is 0.381 e.